The SMILES string of the molecule is O=C(CS[C@H]1CC(=O)N(c2ccccc2)C1=O)Nc1cccc(Br)c1. The van der Waals surface area contributed by atoms with E-state index in [0.29, 0.717) is 11.4 Å². The number of nitrogens with zero attached hydrogens (tertiary/aromatic N) is 1. The maximum absolute atomic E-state index is 12.5. The molecule has 1 N–H and O–H groups in total. The van der Waals surface area contributed by atoms with Crippen LogP contribution in [0.1, 0.15) is 6.42 Å². The summed E-state index contributed by atoms with van der Waals surface area (Å²) in [7, 11) is 0. The minimum Gasteiger partial charge on any atom is -0.325 e. The summed E-state index contributed by atoms with van der Waals surface area (Å²) >= 11 is 4.53. The molecule has 25 heavy (non-hydrogen) atoms. The highest BCUT2D eigenvalue weighted by molar-refractivity contribution is 9.10. The zero-order chi connectivity index (χ0) is 17.8. The zero-order valence-corrected chi connectivity index (χ0v) is 15.5. The van der Waals surface area contributed by atoms with E-state index in [1.54, 1.807) is 36.4 Å². The number of benzene rings is 2. The van der Waals surface area contributed by atoms with Crippen molar-refractivity contribution in [2.45, 2.75) is 11.7 Å². The third-order valence-electron chi connectivity index (χ3n) is 3.64. The summed E-state index contributed by atoms with van der Waals surface area (Å²) in [5, 5.41) is 2.25. The Labute approximate surface area is 157 Å². The molecular weight excluding hydrogens is 404 g/mol. The van der Waals surface area contributed by atoms with E-state index in [9.17, 15) is 14.4 Å². The molecule has 0 radical (unpaired) electrons. The van der Waals surface area contributed by atoms with Crippen LogP contribution in [0.4, 0.5) is 11.4 Å². The fourth-order valence-corrected chi connectivity index (χ4v) is 3.85. The van der Waals surface area contributed by atoms with Gasteiger partial charge in [-0.15, -0.1) is 11.8 Å². The van der Waals surface area contributed by atoms with Gasteiger partial charge in [-0.2, -0.15) is 0 Å². The lowest BCUT2D eigenvalue weighted by Crippen LogP contribution is -2.31. The van der Waals surface area contributed by atoms with Gasteiger partial charge >= 0.3 is 0 Å². The van der Waals surface area contributed by atoms with Crippen LogP contribution < -0.4 is 10.2 Å². The van der Waals surface area contributed by atoms with Crippen LogP contribution in [-0.4, -0.2) is 28.7 Å². The molecule has 3 rings (SSSR count). The number of para-hydroxylation sites is 1. The van der Waals surface area contributed by atoms with Gasteiger partial charge in [0.2, 0.25) is 17.7 Å². The second-order valence-electron chi connectivity index (χ2n) is 5.47. The van der Waals surface area contributed by atoms with Crippen LogP contribution in [0.15, 0.2) is 59.1 Å². The smallest absolute Gasteiger partial charge is 0.247 e. The van der Waals surface area contributed by atoms with Gasteiger partial charge < -0.3 is 5.32 Å². The molecule has 2 aromatic carbocycles. The Kier molecular flexibility index (Phi) is 5.55. The highest BCUT2D eigenvalue weighted by Gasteiger charge is 2.39. The van der Waals surface area contributed by atoms with E-state index in [2.05, 4.69) is 21.2 Å². The fourth-order valence-electron chi connectivity index (χ4n) is 2.52. The monoisotopic (exact) mass is 418 g/mol. The number of carbonyl (C=O) groups is 3. The van der Waals surface area contributed by atoms with E-state index < -0.39 is 5.25 Å². The molecule has 3 amide bonds. The Morgan fingerprint density at radius 2 is 1.92 bits per heavy atom. The van der Waals surface area contributed by atoms with Gasteiger partial charge in [0.25, 0.3) is 0 Å². The summed E-state index contributed by atoms with van der Waals surface area (Å²) in [6, 6.07) is 16.1. The molecule has 1 fully saturated rings. The molecule has 0 saturated carbocycles. The topological polar surface area (TPSA) is 66.5 Å². The van der Waals surface area contributed by atoms with Crippen LogP contribution in [0.2, 0.25) is 0 Å². The maximum Gasteiger partial charge on any atom is 0.247 e. The van der Waals surface area contributed by atoms with Crippen LogP contribution in [0.25, 0.3) is 0 Å². The van der Waals surface area contributed by atoms with Crippen molar-refractivity contribution >= 4 is 56.8 Å². The van der Waals surface area contributed by atoms with Gasteiger partial charge in [-0.05, 0) is 30.3 Å². The lowest BCUT2D eigenvalue weighted by Gasteiger charge is -2.14. The fraction of sp³-hybridized carbons (Fsp3) is 0.167. The van der Waals surface area contributed by atoms with Crippen molar-refractivity contribution in [3.05, 3.63) is 59.1 Å². The molecule has 0 unspecified atom stereocenters. The normalized spacial score (nSPS) is 17.0. The van der Waals surface area contributed by atoms with E-state index in [1.807, 2.05) is 18.2 Å². The van der Waals surface area contributed by atoms with Gasteiger partial charge in [-0.3, -0.25) is 14.4 Å². The number of hydrogen-bond acceptors (Lipinski definition) is 4. The van der Waals surface area contributed by atoms with E-state index in [4.69, 9.17) is 0 Å². The molecule has 5 nitrogen and oxygen atoms in total. The van der Waals surface area contributed by atoms with Crippen molar-refractivity contribution in [3.63, 3.8) is 0 Å². The predicted octanol–water partition coefficient (Wildman–Crippen LogP) is 3.45. The van der Waals surface area contributed by atoms with Crippen molar-refractivity contribution < 1.29 is 14.4 Å². The largest absolute Gasteiger partial charge is 0.325 e. The van der Waals surface area contributed by atoms with Crippen LogP contribution in [-0.2, 0) is 14.4 Å². The third-order valence-corrected chi connectivity index (χ3v) is 5.34. The van der Waals surface area contributed by atoms with Crippen molar-refractivity contribution in [2.75, 3.05) is 16.0 Å². The first-order valence-electron chi connectivity index (χ1n) is 7.63. The summed E-state index contributed by atoms with van der Waals surface area (Å²) in [6.45, 7) is 0. The number of imide groups is 1. The van der Waals surface area contributed by atoms with E-state index >= 15 is 0 Å². The average molecular weight is 419 g/mol. The number of hydrogen-bond donors (Lipinski definition) is 1. The summed E-state index contributed by atoms with van der Waals surface area (Å²) in [5.41, 5.74) is 1.25. The minimum atomic E-state index is -0.527. The van der Waals surface area contributed by atoms with E-state index in [0.717, 1.165) is 4.47 Å². The van der Waals surface area contributed by atoms with Crippen LogP contribution in [0.5, 0.6) is 0 Å². The Morgan fingerprint density at radius 3 is 2.64 bits per heavy atom. The van der Waals surface area contributed by atoms with Gasteiger partial charge in [0, 0.05) is 16.6 Å². The predicted molar refractivity (Wildman–Crippen MR) is 103 cm³/mol. The van der Waals surface area contributed by atoms with Crippen molar-refractivity contribution in [1.29, 1.82) is 0 Å². The highest BCUT2D eigenvalue weighted by Crippen LogP contribution is 2.29. The van der Waals surface area contributed by atoms with Gasteiger partial charge in [-0.25, -0.2) is 4.90 Å². The summed E-state index contributed by atoms with van der Waals surface area (Å²) in [5.74, 6) is -0.599. The summed E-state index contributed by atoms with van der Waals surface area (Å²) in [4.78, 5) is 37.9. The molecule has 7 heteroatoms. The highest BCUT2D eigenvalue weighted by atomic mass is 79.9. The minimum absolute atomic E-state index is 0.110. The molecule has 1 atom stereocenters. The average Bonchev–Trinajstić information content (AvgIpc) is 2.87. The molecule has 0 aromatic heterocycles. The van der Waals surface area contributed by atoms with Gasteiger partial charge in [0.05, 0.1) is 16.7 Å². The Hall–Kier alpha value is -2.12. The number of anilines is 2. The van der Waals surface area contributed by atoms with Crippen LogP contribution in [0.3, 0.4) is 0 Å². The molecule has 2 aromatic rings. The van der Waals surface area contributed by atoms with E-state index in [1.165, 1.54) is 16.7 Å². The molecule has 1 aliphatic heterocycles. The number of carbonyl (C=O) groups excluding carboxylic acids is 3. The first kappa shape index (κ1) is 17.7. The zero-order valence-electron chi connectivity index (χ0n) is 13.1. The molecule has 1 aliphatic rings. The molecule has 0 bridgehead atoms. The van der Waals surface area contributed by atoms with Gasteiger partial charge in [-0.1, -0.05) is 40.2 Å². The van der Waals surface area contributed by atoms with Crippen molar-refractivity contribution in [1.82, 2.24) is 0 Å². The quantitative estimate of drug-likeness (QED) is 0.754. The van der Waals surface area contributed by atoms with Crippen molar-refractivity contribution in [2.24, 2.45) is 0 Å². The first-order valence-corrected chi connectivity index (χ1v) is 9.47. The van der Waals surface area contributed by atoms with Crippen LogP contribution in [0, 0.1) is 0 Å². The molecular formula is C18H15BrN2O3S. The molecule has 1 heterocycles. The second kappa shape index (κ2) is 7.84. The van der Waals surface area contributed by atoms with Gasteiger partial charge in [0.15, 0.2) is 0 Å². The Balaban J connectivity index is 1.58. The first-order chi connectivity index (χ1) is 12.0. The number of halogens is 1. The van der Waals surface area contributed by atoms with Crippen LogP contribution >= 0.6 is 27.7 Å². The molecule has 0 spiro atoms. The molecule has 0 aliphatic carbocycles. The summed E-state index contributed by atoms with van der Waals surface area (Å²) < 4.78 is 0.869. The second-order valence-corrected chi connectivity index (χ2v) is 7.57. The lowest BCUT2D eigenvalue weighted by atomic mass is 10.3. The van der Waals surface area contributed by atoms with Crippen molar-refractivity contribution in [3.8, 4) is 0 Å². The maximum atomic E-state index is 12.5. The number of thioether (sulfide) groups is 1. The lowest BCUT2D eigenvalue weighted by molar-refractivity contribution is -0.121. The summed E-state index contributed by atoms with van der Waals surface area (Å²) in [6.07, 6.45) is 0.114. The Bertz CT molecular complexity index is 813. The molecule has 1 saturated heterocycles. The van der Waals surface area contributed by atoms with Gasteiger partial charge in [0.1, 0.15) is 0 Å². The Morgan fingerprint density at radius 1 is 1.16 bits per heavy atom. The van der Waals surface area contributed by atoms with E-state index in [-0.39, 0.29) is 29.9 Å². The number of rotatable bonds is 5. The number of amides is 3. The third kappa shape index (κ3) is 4.29. The standard InChI is InChI=1S/C18H15BrN2O3S/c19-12-5-4-6-13(9-12)20-16(22)11-25-15-10-17(23)21(18(15)24)14-7-2-1-3-8-14/h1-9,15H,10-11H2,(H,20,22)/t15-/m0/s1. The number of nitrogens with one attached hydrogen (secondary N) is 1. The molecule has 128 valence electrons.